The maximum Gasteiger partial charge on any atom is 0.243 e. The van der Waals surface area contributed by atoms with E-state index < -0.39 is 0 Å². The summed E-state index contributed by atoms with van der Waals surface area (Å²) in [6.45, 7) is 3.91. The van der Waals surface area contributed by atoms with Gasteiger partial charge < -0.3 is 10.2 Å². The zero-order chi connectivity index (χ0) is 20.1. The highest BCUT2D eigenvalue weighted by Crippen LogP contribution is 2.39. The summed E-state index contributed by atoms with van der Waals surface area (Å²) in [5.74, 6) is 1.04. The highest BCUT2D eigenvalue weighted by atomic mass is 16.2. The van der Waals surface area contributed by atoms with Crippen molar-refractivity contribution in [1.82, 2.24) is 9.80 Å². The minimum Gasteiger partial charge on any atom is -0.341 e. The van der Waals surface area contributed by atoms with Crippen LogP contribution in [0.5, 0.6) is 0 Å². The molecule has 2 saturated heterocycles. The third kappa shape index (κ3) is 4.66. The third-order valence-corrected chi connectivity index (χ3v) is 7.28. The lowest BCUT2D eigenvalue weighted by Crippen LogP contribution is -2.58. The summed E-state index contributed by atoms with van der Waals surface area (Å²) in [5, 5.41) is 2.97. The molecule has 1 aromatic carbocycles. The van der Waals surface area contributed by atoms with Gasteiger partial charge in [0.15, 0.2) is 0 Å². The Kier molecular flexibility index (Phi) is 6.53. The van der Waals surface area contributed by atoms with Gasteiger partial charge in [0, 0.05) is 25.2 Å². The van der Waals surface area contributed by atoms with Crippen LogP contribution in [-0.4, -0.2) is 53.3 Å². The largest absolute Gasteiger partial charge is 0.341 e. The highest BCUT2D eigenvalue weighted by Gasteiger charge is 2.48. The molecule has 3 aliphatic rings. The molecule has 1 N–H and O–H groups in total. The van der Waals surface area contributed by atoms with Crippen LogP contribution in [0.2, 0.25) is 0 Å². The molecule has 1 saturated carbocycles. The maximum absolute atomic E-state index is 13.5. The number of hydrogen-bond donors (Lipinski definition) is 1. The Labute approximate surface area is 174 Å². The second-order valence-corrected chi connectivity index (χ2v) is 9.12. The number of piperidine rings is 1. The van der Waals surface area contributed by atoms with E-state index in [2.05, 4.69) is 15.1 Å². The van der Waals surface area contributed by atoms with E-state index in [1.807, 2.05) is 30.3 Å². The molecule has 2 heterocycles. The maximum atomic E-state index is 13.5. The van der Waals surface area contributed by atoms with E-state index in [9.17, 15) is 9.59 Å². The zero-order valence-corrected chi connectivity index (χ0v) is 17.6. The molecule has 158 valence electrons. The van der Waals surface area contributed by atoms with E-state index >= 15 is 0 Å². The monoisotopic (exact) mass is 397 g/mol. The van der Waals surface area contributed by atoms with Crippen LogP contribution in [0.3, 0.4) is 0 Å². The van der Waals surface area contributed by atoms with Crippen molar-refractivity contribution >= 4 is 17.5 Å². The minimum absolute atomic E-state index is 0.0913. The van der Waals surface area contributed by atoms with Gasteiger partial charge in [-0.25, -0.2) is 0 Å². The highest BCUT2D eigenvalue weighted by molar-refractivity contribution is 5.90. The van der Waals surface area contributed by atoms with E-state index in [4.69, 9.17) is 0 Å². The standard InChI is InChI=1S/C24H35N3O2/c28-22(25-21-8-2-1-3-9-21)11-10-20-12-18-26(19-13-20)23(29)24(14-4-5-15-24)27-16-6-7-17-27/h1-3,8-9,20H,4-7,10-19H2,(H,25,28). The van der Waals surface area contributed by atoms with E-state index in [1.54, 1.807) is 0 Å². The molecule has 0 radical (unpaired) electrons. The predicted octanol–water partition coefficient (Wildman–Crippen LogP) is 4.05. The molecule has 5 nitrogen and oxygen atoms in total. The number of para-hydroxylation sites is 1. The Balaban J connectivity index is 1.24. The molecule has 2 amide bonds. The lowest BCUT2D eigenvalue weighted by Gasteiger charge is -2.43. The Morgan fingerprint density at radius 3 is 2.24 bits per heavy atom. The smallest absolute Gasteiger partial charge is 0.243 e. The van der Waals surface area contributed by atoms with Crippen molar-refractivity contribution in [1.29, 1.82) is 0 Å². The van der Waals surface area contributed by atoms with Crippen molar-refractivity contribution in [3.63, 3.8) is 0 Å². The van der Waals surface area contributed by atoms with Gasteiger partial charge in [-0.05, 0) is 76.1 Å². The van der Waals surface area contributed by atoms with Crippen molar-refractivity contribution in [2.45, 2.75) is 69.7 Å². The second-order valence-electron chi connectivity index (χ2n) is 9.12. The van der Waals surface area contributed by atoms with Crippen LogP contribution in [0.25, 0.3) is 0 Å². The van der Waals surface area contributed by atoms with Crippen molar-refractivity contribution in [2.24, 2.45) is 5.92 Å². The normalized spacial score (nSPS) is 22.7. The molecular formula is C24H35N3O2. The van der Waals surface area contributed by atoms with Crippen LogP contribution in [0.4, 0.5) is 5.69 Å². The zero-order valence-electron chi connectivity index (χ0n) is 17.6. The number of rotatable bonds is 6. The topological polar surface area (TPSA) is 52.7 Å². The first-order valence-electron chi connectivity index (χ1n) is 11.6. The summed E-state index contributed by atoms with van der Waals surface area (Å²) in [7, 11) is 0. The summed E-state index contributed by atoms with van der Waals surface area (Å²) in [4.78, 5) is 30.4. The number of anilines is 1. The van der Waals surface area contributed by atoms with E-state index in [1.165, 1.54) is 25.7 Å². The quantitative estimate of drug-likeness (QED) is 0.788. The van der Waals surface area contributed by atoms with Crippen molar-refractivity contribution in [2.75, 3.05) is 31.5 Å². The summed E-state index contributed by atoms with van der Waals surface area (Å²) < 4.78 is 0. The first-order chi connectivity index (χ1) is 14.2. The molecule has 5 heteroatoms. The Bertz CT molecular complexity index is 685. The van der Waals surface area contributed by atoms with Gasteiger partial charge in [-0.15, -0.1) is 0 Å². The number of likely N-dealkylation sites (tertiary alicyclic amines) is 2. The lowest BCUT2D eigenvalue weighted by atomic mass is 9.88. The number of carbonyl (C=O) groups excluding carboxylic acids is 2. The molecular weight excluding hydrogens is 362 g/mol. The molecule has 0 spiro atoms. The predicted molar refractivity (Wildman–Crippen MR) is 116 cm³/mol. The van der Waals surface area contributed by atoms with Crippen LogP contribution >= 0.6 is 0 Å². The van der Waals surface area contributed by atoms with Gasteiger partial charge in [0.2, 0.25) is 11.8 Å². The van der Waals surface area contributed by atoms with Gasteiger partial charge >= 0.3 is 0 Å². The molecule has 1 aromatic rings. The number of nitrogens with one attached hydrogen (secondary N) is 1. The van der Waals surface area contributed by atoms with Crippen LogP contribution in [0.1, 0.15) is 64.2 Å². The fourth-order valence-electron chi connectivity index (χ4n) is 5.57. The van der Waals surface area contributed by atoms with E-state index in [0.717, 1.165) is 64.0 Å². The number of amides is 2. The summed E-state index contributed by atoms with van der Waals surface area (Å²) in [6, 6.07) is 9.65. The second kappa shape index (κ2) is 9.29. The molecule has 1 aliphatic carbocycles. The molecule has 0 atom stereocenters. The number of benzene rings is 1. The van der Waals surface area contributed by atoms with Crippen LogP contribution in [0, 0.1) is 5.92 Å². The fourth-order valence-corrected chi connectivity index (χ4v) is 5.57. The Hall–Kier alpha value is -1.88. The van der Waals surface area contributed by atoms with E-state index in [-0.39, 0.29) is 11.4 Å². The molecule has 3 fully saturated rings. The molecule has 0 unspecified atom stereocenters. The summed E-state index contributed by atoms with van der Waals surface area (Å²) in [5.41, 5.74) is 0.667. The van der Waals surface area contributed by atoms with Crippen molar-refractivity contribution in [3.8, 4) is 0 Å². The van der Waals surface area contributed by atoms with Gasteiger partial charge in [-0.3, -0.25) is 14.5 Å². The third-order valence-electron chi connectivity index (χ3n) is 7.28. The Morgan fingerprint density at radius 2 is 1.59 bits per heavy atom. The first kappa shape index (κ1) is 20.4. The van der Waals surface area contributed by atoms with Gasteiger partial charge in [0.25, 0.3) is 0 Å². The van der Waals surface area contributed by atoms with Gasteiger partial charge in [0.1, 0.15) is 5.54 Å². The van der Waals surface area contributed by atoms with Crippen molar-refractivity contribution < 1.29 is 9.59 Å². The average Bonchev–Trinajstić information content (AvgIpc) is 3.45. The minimum atomic E-state index is -0.196. The van der Waals surface area contributed by atoms with Crippen molar-refractivity contribution in [3.05, 3.63) is 30.3 Å². The van der Waals surface area contributed by atoms with Gasteiger partial charge in [-0.2, -0.15) is 0 Å². The van der Waals surface area contributed by atoms with Crippen LogP contribution < -0.4 is 5.32 Å². The number of hydrogen-bond acceptors (Lipinski definition) is 3. The molecule has 0 bridgehead atoms. The van der Waals surface area contributed by atoms with Crippen LogP contribution in [-0.2, 0) is 9.59 Å². The molecule has 4 rings (SSSR count). The summed E-state index contributed by atoms with van der Waals surface area (Å²) in [6.07, 6.45) is 10.5. The van der Waals surface area contributed by atoms with Gasteiger partial charge in [0.05, 0.1) is 0 Å². The van der Waals surface area contributed by atoms with Gasteiger partial charge in [-0.1, -0.05) is 31.0 Å². The molecule has 0 aromatic heterocycles. The average molecular weight is 398 g/mol. The van der Waals surface area contributed by atoms with Crippen LogP contribution in [0.15, 0.2) is 30.3 Å². The number of carbonyl (C=O) groups is 2. The van der Waals surface area contributed by atoms with E-state index in [0.29, 0.717) is 18.2 Å². The first-order valence-corrected chi connectivity index (χ1v) is 11.6. The molecule has 2 aliphatic heterocycles. The SMILES string of the molecule is O=C(CCC1CCN(C(=O)C2(N3CCCC3)CCCC2)CC1)Nc1ccccc1. The number of nitrogens with zero attached hydrogens (tertiary/aromatic N) is 2. The Morgan fingerprint density at radius 1 is 0.931 bits per heavy atom. The summed E-state index contributed by atoms with van der Waals surface area (Å²) >= 11 is 0. The lowest BCUT2D eigenvalue weighted by molar-refractivity contribution is -0.145. The fraction of sp³-hybridized carbons (Fsp3) is 0.667. The molecule has 29 heavy (non-hydrogen) atoms.